The quantitative estimate of drug-likeness (QED) is 0.793. The first-order valence-electron chi connectivity index (χ1n) is 5.69. The zero-order chi connectivity index (χ0) is 11.5. The Bertz CT molecular complexity index is 392. The van der Waals surface area contributed by atoms with Crippen LogP contribution in [0.15, 0.2) is 18.5 Å². The average molecular weight is 219 g/mol. The number of hydrogen-bond donors (Lipinski definition) is 2. The van der Waals surface area contributed by atoms with Crippen LogP contribution in [-0.2, 0) is 11.3 Å². The first kappa shape index (κ1) is 11.1. The summed E-state index contributed by atoms with van der Waals surface area (Å²) in [5, 5.41) is 6.22. The highest BCUT2D eigenvalue weighted by Crippen LogP contribution is 2.19. The molecule has 0 saturated carbocycles. The van der Waals surface area contributed by atoms with E-state index in [4.69, 9.17) is 0 Å². The van der Waals surface area contributed by atoms with Crippen LogP contribution in [0.2, 0.25) is 0 Å². The van der Waals surface area contributed by atoms with E-state index < -0.39 is 0 Å². The van der Waals surface area contributed by atoms with Gasteiger partial charge in [-0.05, 0) is 17.5 Å². The van der Waals surface area contributed by atoms with Gasteiger partial charge in [-0.3, -0.25) is 9.78 Å². The Balaban J connectivity index is 2.22. The van der Waals surface area contributed by atoms with E-state index >= 15 is 0 Å². The Hall–Kier alpha value is -1.42. The SMILES string of the molecule is CC[C@H](C)C1NCc2ccncc2NC1=O. The Morgan fingerprint density at radius 2 is 2.44 bits per heavy atom. The van der Waals surface area contributed by atoms with E-state index in [1.54, 1.807) is 12.4 Å². The number of anilines is 1. The fourth-order valence-corrected chi connectivity index (χ4v) is 1.91. The summed E-state index contributed by atoms with van der Waals surface area (Å²) in [5.41, 5.74) is 1.92. The monoisotopic (exact) mass is 219 g/mol. The topological polar surface area (TPSA) is 54.0 Å². The van der Waals surface area contributed by atoms with Gasteiger partial charge in [0.05, 0.1) is 17.9 Å². The van der Waals surface area contributed by atoms with Crippen molar-refractivity contribution in [1.82, 2.24) is 10.3 Å². The number of hydrogen-bond acceptors (Lipinski definition) is 3. The van der Waals surface area contributed by atoms with Gasteiger partial charge in [0.25, 0.3) is 0 Å². The molecule has 2 heterocycles. The van der Waals surface area contributed by atoms with Gasteiger partial charge in [0.1, 0.15) is 0 Å². The molecule has 0 aromatic carbocycles. The van der Waals surface area contributed by atoms with Gasteiger partial charge in [-0.2, -0.15) is 0 Å². The molecule has 1 amide bonds. The van der Waals surface area contributed by atoms with Crippen molar-refractivity contribution in [1.29, 1.82) is 0 Å². The molecule has 1 unspecified atom stereocenters. The van der Waals surface area contributed by atoms with Crippen LogP contribution in [0.3, 0.4) is 0 Å². The number of rotatable bonds is 2. The molecule has 0 radical (unpaired) electrons. The lowest BCUT2D eigenvalue weighted by Crippen LogP contribution is -2.42. The lowest BCUT2D eigenvalue weighted by molar-refractivity contribution is -0.119. The maximum atomic E-state index is 12.0. The van der Waals surface area contributed by atoms with Crippen molar-refractivity contribution < 1.29 is 4.79 Å². The first-order valence-corrected chi connectivity index (χ1v) is 5.69. The van der Waals surface area contributed by atoms with Crippen molar-refractivity contribution in [3.8, 4) is 0 Å². The van der Waals surface area contributed by atoms with Crippen molar-refractivity contribution >= 4 is 11.6 Å². The van der Waals surface area contributed by atoms with Crippen molar-refractivity contribution in [3.05, 3.63) is 24.0 Å². The van der Waals surface area contributed by atoms with E-state index in [1.807, 2.05) is 6.07 Å². The molecule has 1 aromatic heterocycles. The van der Waals surface area contributed by atoms with E-state index in [0.29, 0.717) is 12.5 Å². The van der Waals surface area contributed by atoms with Crippen LogP contribution in [0, 0.1) is 5.92 Å². The molecule has 16 heavy (non-hydrogen) atoms. The molecular formula is C12H17N3O. The smallest absolute Gasteiger partial charge is 0.241 e. The van der Waals surface area contributed by atoms with E-state index in [0.717, 1.165) is 17.7 Å². The third-order valence-corrected chi connectivity index (χ3v) is 3.18. The van der Waals surface area contributed by atoms with Crippen molar-refractivity contribution in [2.75, 3.05) is 5.32 Å². The van der Waals surface area contributed by atoms with Crippen LogP contribution < -0.4 is 10.6 Å². The fourth-order valence-electron chi connectivity index (χ4n) is 1.91. The maximum absolute atomic E-state index is 12.0. The minimum absolute atomic E-state index is 0.0427. The number of amides is 1. The van der Waals surface area contributed by atoms with Gasteiger partial charge in [0.2, 0.25) is 5.91 Å². The molecule has 0 aliphatic carbocycles. The second-order valence-electron chi connectivity index (χ2n) is 4.27. The van der Waals surface area contributed by atoms with Gasteiger partial charge in [-0.25, -0.2) is 0 Å². The number of nitrogens with zero attached hydrogens (tertiary/aromatic N) is 1. The van der Waals surface area contributed by atoms with E-state index in [1.165, 1.54) is 0 Å². The van der Waals surface area contributed by atoms with Crippen LogP contribution in [-0.4, -0.2) is 16.9 Å². The van der Waals surface area contributed by atoms with Gasteiger partial charge < -0.3 is 10.6 Å². The fraction of sp³-hybridized carbons (Fsp3) is 0.500. The summed E-state index contributed by atoms with van der Waals surface area (Å²) in [6.07, 6.45) is 4.43. The number of pyridine rings is 1. The van der Waals surface area contributed by atoms with Crippen molar-refractivity contribution in [3.63, 3.8) is 0 Å². The molecule has 1 aromatic rings. The molecule has 1 aliphatic heterocycles. The third-order valence-electron chi connectivity index (χ3n) is 3.18. The normalized spacial score (nSPS) is 21.9. The Morgan fingerprint density at radius 3 is 3.19 bits per heavy atom. The molecule has 4 nitrogen and oxygen atoms in total. The Kier molecular flexibility index (Phi) is 3.19. The van der Waals surface area contributed by atoms with E-state index in [-0.39, 0.29) is 11.9 Å². The molecule has 0 bridgehead atoms. The molecule has 2 N–H and O–H groups in total. The lowest BCUT2D eigenvalue weighted by atomic mass is 9.98. The highest BCUT2D eigenvalue weighted by molar-refractivity contribution is 5.96. The predicted molar refractivity (Wildman–Crippen MR) is 62.9 cm³/mol. The predicted octanol–water partition coefficient (Wildman–Crippen LogP) is 1.54. The molecule has 2 atom stereocenters. The second-order valence-corrected chi connectivity index (χ2v) is 4.27. The van der Waals surface area contributed by atoms with Crippen LogP contribution in [0.25, 0.3) is 0 Å². The van der Waals surface area contributed by atoms with Crippen LogP contribution in [0.5, 0.6) is 0 Å². The Morgan fingerprint density at radius 1 is 1.62 bits per heavy atom. The van der Waals surface area contributed by atoms with Crippen molar-refractivity contribution in [2.24, 2.45) is 5.92 Å². The Labute approximate surface area is 95.5 Å². The summed E-state index contributed by atoms with van der Waals surface area (Å²) in [6, 6.07) is 1.82. The number of carbonyl (C=O) groups excluding carboxylic acids is 1. The summed E-state index contributed by atoms with van der Waals surface area (Å²) in [4.78, 5) is 16.0. The summed E-state index contributed by atoms with van der Waals surface area (Å²) < 4.78 is 0. The third kappa shape index (κ3) is 2.07. The molecule has 0 fully saturated rings. The van der Waals surface area contributed by atoms with Gasteiger partial charge >= 0.3 is 0 Å². The molecule has 1 aliphatic rings. The summed E-state index contributed by atoms with van der Waals surface area (Å²) in [7, 11) is 0. The average Bonchev–Trinajstić information content (AvgIpc) is 2.46. The molecular weight excluding hydrogens is 202 g/mol. The molecule has 2 rings (SSSR count). The number of nitrogens with one attached hydrogen (secondary N) is 2. The van der Waals surface area contributed by atoms with Crippen LogP contribution in [0.4, 0.5) is 5.69 Å². The van der Waals surface area contributed by atoms with Gasteiger partial charge in [0, 0.05) is 12.7 Å². The zero-order valence-electron chi connectivity index (χ0n) is 9.66. The summed E-state index contributed by atoms with van der Waals surface area (Å²) >= 11 is 0. The van der Waals surface area contributed by atoms with Crippen LogP contribution in [0.1, 0.15) is 25.8 Å². The number of fused-ring (bicyclic) bond motifs is 1. The minimum atomic E-state index is -0.114. The standard InChI is InChI=1S/C12H17N3O/c1-3-8(2)11-12(16)15-10-7-13-5-4-9(10)6-14-11/h4-5,7-8,11,14H,3,6H2,1-2H3,(H,15,16)/t8-,11?/m0/s1. The largest absolute Gasteiger partial charge is 0.323 e. The second kappa shape index (κ2) is 4.61. The molecule has 0 spiro atoms. The van der Waals surface area contributed by atoms with Crippen molar-refractivity contribution in [2.45, 2.75) is 32.9 Å². The van der Waals surface area contributed by atoms with E-state index in [2.05, 4.69) is 29.5 Å². The van der Waals surface area contributed by atoms with Crippen LogP contribution >= 0.6 is 0 Å². The van der Waals surface area contributed by atoms with Gasteiger partial charge in [-0.1, -0.05) is 20.3 Å². The molecule has 86 valence electrons. The molecule has 4 heteroatoms. The number of aromatic nitrogens is 1. The summed E-state index contributed by atoms with van der Waals surface area (Å²) in [5.74, 6) is 0.378. The molecule has 0 saturated heterocycles. The maximum Gasteiger partial charge on any atom is 0.241 e. The zero-order valence-corrected chi connectivity index (χ0v) is 9.66. The first-order chi connectivity index (χ1) is 7.72. The summed E-state index contributed by atoms with van der Waals surface area (Å²) in [6.45, 7) is 4.90. The highest BCUT2D eigenvalue weighted by atomic mass is 16.2. The van der Waals surface area contributed by atoms with Gasteiger partial charge in [0.15, 0.2) is 0 Å². The van der Waals surface area contributed by atoms with Gasteiger partial charge in [-0.15, -0.1) is 0 Å². The minimum Gasteiger partial charge on any atom is -0.323 e. The number of carbonyl (C=O) groups is 1. The lowest BCUT2D eigenvalue weighted by Gasteiger charge is -2.20. The highest BCUT2D eigenvalue weighted by Gasteiger charge is 2.26. The van der Waals surface area contributed by atoms with E-state index in [9.17, 15) is 4.79 Å².